The van der Waals surface area contributed by atoms with Crippen LogP contribution in [0.3, 0.4) is 0 Å². The molecule has 50 heavy (non-hydrogen) atoms. The number of rotatable bonds is 18. The molecular formula is C36H53FN6O6S. The number of nitrogens with one attached hydrogen (secondary N) is 3. The van der Waals surface area contributed by atoms with Crippen LogP contribution >= 0.6 is 11.3 Å². The molecule has 1 aromatic heterocycles. The molecule has 2 heterocycles. The van der Waals surface area contributed by atoms with E-state index in [1.807, 2.05) is 25.1 Å². The van der Waals surface area contributed by atoms with Crippen LogP contribution in [0.4, 0.5) is 4.39 Å². The molecule has 276 valence electrons. The zero-order chi connectivity index (χ0) is 36.5. The van der Waals surface area contributed by atoms with E-state index in [1.54, 1.807) is 26.3 Å². The molecule has 0 radical (unpaired) electrons. The Bertz CT molecular complexity index is 1490. The van der Waals surface area contributed by atoms with Crippen LogP contribution in [0.1, 0.15) is 89.8 Å². The fourth-order valence-corrected chi connectivity index (χ4v) is 6.77. The number of carbonyl (C=O) groups excluding carboxylic acids is 4. The summed E-state index contributed by atoms with van der Waals surface area (Å²) in [6.07, 6.45) is 5.57. The van der Waals surface area contributed by atoms with E-state index in [0.717, 1.165) is 54.7 Å². The van der Waals surface area contributed by atoms with E-state index in [0.29, 0.717) is 24.4 Å². The third-order valence-electron chi connectivity index (χ3n) is 9.19. The van der Waals surface area contributed by atoms with E-state index in [-0.39, 0.29) is 44.9 Å². The number of amides is 4. The van der Waals surface area contributed by atoms with Crippen molar-refractivity contribution in [1.29, 1.82) is 0 Å². The van der Waals surface area contributed by atoms with Crippen molar-refractivity contribution in [2.75, 3.05) is 26.2 Å². The first kappa shape index (κ1) is 39.2. The van der Waals surface area contributed by atoms with Crippen LogP contribution in [0, 0.1) is 12.3 Å². The number of aromatic nitrogens is 1. The van der Waals surface area contributed by atoms with Gasteiger partial charge in [0.1, 0.15) is 17.8 Å². The minimum Gasteiger partial charge on any atom is -0.483 e. The number of aliphatic hydroxyl groups is 1. The number of hydrogen-bond acceptors (Lipinski definition) is 9. The summed E-state index contributed by atoms with van der Waals surface area (Å²) in [6, 6.07) is 3.43. The number of thiazole rings is 1. The molecular weight excluding hydrogens is 663 g/mol. The largest absolute Gasteiger partial charge is 0.483 e. The molecule has 2 aromatic rings. The van der Waals surface area contributed by atoms with Gasteiger partial charge in [0.05, 0.1) is 22.2 Å². The molecule has 1 saturated carbocycles. The molecule has 1 saturated heterocycles. The lowest BCUT2D eigenvalue weighted by atomic mass is 9.85. The number of nitrogens with two attached hydrogens (primary N) is 1. The molecule has 1 aliphatic carbocycles. The fourth-order valence-electron chi connectivity index (χ4n) is 5.97. The van der Waals surface area contributed by atoms with E-state index < -0.39 is 47.0 Å². The van der Waals surface area contributed by atoms with E-state index in [9.17, 15) is 28.7 Å². The minimum absolute atomic E-state index is 0.0102. The highest BCUT2D eigenvalue weighted by Crippen LogP contribution is 2.40. The maximum absolute atomic E-state index is 14.5. The average molecular weight is 717 g/mol. The summed E-state index contributed by atoms with van der Waals surface area (Å²) in [5.41, 5.74) is 6.88. The molecule has 4 rings (SSSR count). The number of halogens is 1. The number of likely N-dealkylation sites (tertiary alicyclic amines) is 1. The number of benzene rings is 1. The molecule has 2 aliphatic rings. The monoisotopic (exact) mass is 716 g/mol. The Kier molecular flexibility index (Phi) is 13.7. The zero-order valence-electron chi connectivity index (χ0n) is 29.7. The van der Waals surface area contributed by atoms with Crippen LogP contribution in [-0.4, -0.2) is 88.7 Å². The van der Waals surface area contributed by atoms with Crippen molar-refractivity contribution in [2.45, 2.75) is 116 Å². The minimum atomic E-state index is -1.97. The van der Waals surface area contributed by atoms with Gasteiger partial charge in [-0.15, -0.1) is 11.3 Å². The summed E-state index contributed by atoms with van der Waals surface area (Å²) < 4.78 is 20.5. The Morgan fingerprint density at radius 1 is 1.12 bits per heavy atom. The molecule has 6 N–H and O–H groups in total. The van der Waals surface area contributed by atoms with Gasteiger partial charge in [0, 0.05) is 31.6 Å². The van der Waals surface area contributed by atoms with Crippen LogP contribution in [0.25, 0.3) is 10.4 Å². The molecule has 0 spiro atoms. The van der Waals surface area contributed by atoms with Gasteiger partial charge in [-0.2, -0.15) is 0 Å². The van der Waals surface area contributed by atoms with E-state index in [4.69, 9.17) is 10.5 Å². The second kappa shape index (κ2) is 17.5. The van der Waals surface area contributed by atoms with Crippen molar-refractivity contribution in [1.82, 2.24) is 25.8 Å². The molecule has 12 nitrogen and oxygen atoms in total. The Labute approximate surface area is 298 Å². The lowest BCUT2D eigenvalue weighted by molar-refractivity contribution is -0.145. The van der Waals surface area contributed by atoms with Gasteiger partial charge in [-0.05, 0) is 56.2 Å². The number of aliphatic hydroxyl groups excluding tert-OH is 1. The average Bonchev–Trinajstić information content (AvgIpc) is 3.48. The van der Waals surface area contributed by atoms with Crippen molar-refractivity contribution < 1.29 is 33.4 Å². The van der Waals surface area contributed by atoms with Gasteiger partial charge in [-0.25, -0.2) is 9.37 Å². The first-order valence-electron chi connectivity index (χ1n) is 17.6. The van der Waals surface area contributed by atoms with Crippen molar-refractivity contribution in [3.63, 3.8) is 0 Å². The fraction of sp³-hybridized carbons (Fsp3) is 0.639. The number of unbranched alkanes of at least 4 members (excludes halogenated alkanes) is 5. The van der Waals surface area contributed by atoms with Gasteiger partial charge in [-0.1, -0.05) is 58.6 Å². The summed E-state index contributed by atoms with van der Waals surface area (Å²) in [6.45, 7) is 8.15. The Balaban J connectivity index is 1.40. The van der Waals surface area contributed by atoms with E-state index in [2.05, 4.69) is 20.9 Å². The number of ether oxygens (including phenoxy) is 1. The summed E-state index contributed by atoms with van der Waals surface area (Å²) in [5, 5.41) is 18.9. The van der Waals surface area contributed by atoms with Crippen molar-refractivity contribution >= 4 is 35.0 Å². The summed E-state index contributed by atoms with van der Waals surface area (Å²) in [4.78, 5) is 59.2. The first-order chi connectivity index (χ1) is 23.7. The molecule has 3 atom stereocenters. The highest BCUT2D eigenvalue weighted by atomic mass is 32.1. The summed E-state index contributed by atoms with van der Waals surface area (Å²) >= 11 is 1.48. The lowest BCUT2D eigenvalue weighted by Gasteiger charge is -2.35. The van der Waals surface area contributed by atoms with Crippen LogP contribution in [0.2, 0.25) is 0 Å². The topological polar surface area (TPSA) is 176 Å². The molecule has 1 aliphatic heterocycles. The zero-order valence-corrected chi connectivity index (χ0v) is 30.5. The standard InChI is InChI=1S/C36H53FN6O6S/c1-23-30(50-22-41-23)24-11-12-25(28(17-24)49-21-29(45)39-16-10-8-6-5-7-9-15-38)19-40-32(46)27-18-26(44)20-43(27)33(47)31(35(2,3)4)42-34(48)36(37)13-14-36/h11-12,17,22,26-27,31,44H,5-10,13-16,18-21,38H2,1-4H3,(H,39,45)(H,40,46)(H,42,48)/t26-,27+,31-/m1/s1. The molecule has 0 unspecified atom stereocenters. The lowest BCUT2D eigenvalue weighted by Crippen LogP contribution is -2.59. The van der Waals surface area contributed by atoms with Gasteiger partial charge in [0.15, 0.2) is 12.3 Å². The molecule has 14 heteroatoms. The molecule has 2 fully saturated rings. The third kappa shape index (κ3) is 10.7. The van der Waals surface area contributed by atoms with Gasteiger partial charge in [0.25, 0.3) is 11.8 Å². The normalized spacial score (nSPS) is 18.7. The third-order valence-corrected chi connectivity index (χ3v) is 10.2. The van der Waals surface area contributed by atoms with Crippen molar-refractivity contribution in [3.05, 3.63) is 35.0 Å². The Hall–Kier alpha value is -3.62. The van der Waals surface area contributed by atoms with Crippen molar-refractivity contribution in [3.8, 4) is 16.2 Å². The second-order valence-electron chi connectivity index (χ2n) is 14.5. The number of carbonyl (C=O) groups is 4. The highest BCUT2D eigenvalue weighted by molar-refractivity contribution is 7.13. The van der Waals surface area contributed by atoms with Crippen molar-refractivity contribution in [2.24, 2.45) is 11.1 Å². The van der Waals surface area contributed by atoms with Gasteiger partial charge in [-0.3, -0.25) is 19.2 Å². The quantitative estimate of drug-likeness (QED) is 0.146. The summed E-state index contributed by atoms with van der Waals surface area (Å²) in [5.74, 6) is -1.72. The Morgan fingerprint density at radius 2 is 1.82 bits per heavy atom. The molecule has 1 aromatic carbocycles. The van der Waals surface area contributed by atoms with Gasteiger partial charge >= 0.3 is 0 Å². The maximum Gasteiger partial charge on any atom is 0.258 e. The van der Waals surface area contributed by atoms with Crippen LogP contribution in [0.5, 0.6) is 5.75 Å². The molecule has 4 amide bonds. The van der Waals surface area contributed by atoms with E-state index in [1.165, 1.54) is 16.2 Å². The number of alkyl halides is 1. The van der Waals surface area contributed by atoms with Crippen LogP contribution < -0.4 is 26.4 Å². The molecule has 0 bridgehead atoms. The summed E-state index contributed by atoms with van der Waals surface area (Å²) in [7, 11) is 0. The SMILES string of the molecule is Cc1ncsc1-c1ccc(CNC(=O)[C@@H]2C[C@@H](O)CN2C(=O)[C@@H](NC(=O)C2(F)CC2)C(C)(C)C)c(OCC(=O)NCCCCCCCCN)c1. The van der Waals surface area contributed by atoms with E-state index >= 15 is 0 Å². The number of aryl methyl sites for hydroxylation is 1. The Morgan fingerprint density at radius 3 is 2.46 bits per heavy atom. The second-order valence-corrected chi connectivity index (χ2v) is 15.3. The number of hydrogen-bond donors (Lipinski definition) is 5. The van der Waals surface area contributed by atoms with Crippen LogP contribution in [0.15, 0.2) is 23.7 Å². The van der Waals surface area contributed by atoms with Gasteiger partial charge < -0.3 is 36.4 Å². The van der Waals surface area contributed by atoms with Gasteiger partial charge in [0.2, 0.25) is 11.8 Å². The first-order valence-corrected chi connectivity index (χ1v) is 18.5. The van der Waals surface area contributed by atoms with Crippen LogP contribution in [-0.2, 0) is 25.7 Å². The smallest absolute Gasteiger partial charge is 0.258 e. The maximum atomic E-state index is 14.5. The predicted octanol–water partition coefficient (Wildman–Crippen LogP) is 3.52. The number of nitrogens with zero attached hydrogens (tertiary/aromatic N) is 2. The highest BCUT2D eigenvalue weighted by Gasteiger charge is 2.53. The number of β-amino-alcohol motifs (C(OH)–C–C–N with tert-alkyl or cyclic N) is 1. The predicted molar refractivity (Wildman–Crippen MR) is 190 cm³/mol.